The summed E-state index contributed by atoms with van der Waals surface area (Å²) in [5, 5.41) is 0. The lowest BCUT2D eigenvalue weighted by Gasteiger charge is -2.00. The van der Waals surface area contributed by atoms with Crippen LogP contribution in [0.5, 0.6) is 0 Å². The van der Waals surface area contributed by atoms with Crippen LogP contribution in [0.15, 0.2) is 12.5 Å². The van der Waals surface area contributed by atoms with Crippen LogP contribution >= 0.6 is 0 Å². The van der Waals surface area contributed by atoms with Gasteiger partial charge in [0.25, 0.3) is 0 Å². The van der Waals surface area contributed by atoms with Gasteiger partial charge >= 0.3 is 0 Å². The lowest BCUT2D eigenvalue weighted by molar-refractivity contribution is 0.191. The summed E-state index contributed by atoms with van der Waals surface area (Å²) in [6.45, 7) is 4.71. The first-order chi connectivity index (χ1) is 3.89. The number of ether oxygens (including phenoxy) is 1. The fraction of sp³-hybridized carbons (Fsp3) is 0.667. The predicted octanol–water partition coefficient (Wildman–Crippen LogP) is 1.40. The van der Waals surface area contributed by atoms with Gasteiger partial charge in [0.05, 0.1) is 0 Å². The molecule has 2 nitrogen and oxygen atoms in total. The van der Waals surface area contributed by atoms with Gasteiger partial charge in [0.1, 0.15) is 6.26 Å². The first kappa shape index (κ1) is 7.34. The van der Waals surface area contributed by atoms with Crippen molar-refractivity contribution in [3.05, 3.63) is 12.5 Å². The first-order valence-electron chi connectivity index (χ1n) is 2.88. The zero-order valence-corrected chi connectivity index (χ0v) is 5.72. The van der Waals surface area contributed by atoms with Gasteiger partial charge in [-0.15, -0.1) is 0 Å². The summed E-state index contributed by atoms with van der Waals surface area (Å²) in [7, 11) is 1.96. The zero-order valence-electron chi connectivity index (χ0n) is 5.72. The van der Waals surface area contributed by atoms with Crippen molar-refractivity contribution in [2.75, 3.05) is 13.8 Å². The Morgan fingerprint density at radius 3 is 2.25 bits per heavy atom. The molecule has 0 atom stereocenters. The van der Waals surface area contributed by atoms with Crippen molar-refractivity contribution >= 4 is 0 Å². The lowest BCUT2D eigenvalue weighted by atomic mass is 10.9. The molecule has 0 N–H and O–H groups in total. The molecule has 0 aliphatic carbocycles. The van der Waals surface area contributed by atoms with Crippen LogP contribution in [0.2, 0.25) is 0 Å². The van der Waals surface area contributed by atoms with Crippen molar-refractivity contribution in [3.8, 4) is 0 Å². The molecular formula is C6H13NO. The van der Waals surface area contributed by atoms with E-state index in [9.17, 15) is 0 Å². The Morgan fingerprint density at radius 2 is 2.12 bits per heavy atom. The maximum atomic E-state index is 4.80. The Balaban J connectivity index is 0.000000222. The number of rotatable bonds is 0. The van der Waals surface area contributed by atoms with Crippen molar-refractivity contribution < 1.29 is 4.74 Å². The molecule has 48 valence electrons. The standard InChI is InChI=1S/C4H7NO.C2H6/c1-5-2-3-6-4-5;1-2/h2-3H,4H2,1H3;1-2H3. The van der Waals surface area contributed by atoms with Crippen molar-refractivity contribution in [1.29, 1.82) is 0 Å². The summed E-state index contributed by atoms with van der Waals surface area (Å²) >= 11 is 0. The highest BCUT2D eigenvalue weighted by Crippen LogP contribution is 1.93. The Labute approximate surface area is 50.7 Å². The van der Waals surface area contributed by atoms with Crippen LogP contribution in [0, 0.1) is 0 Å². The van der Waals surface area contributed by atoms with Gasteiger partial charge in [0.15, 0.2) is 6.73 Å². The molecule has 0 radical (unpaired) electrons. The molecule has 0 bridgehead atoms. The molecule has 2 heteroatoms. The van der Waals surface area contributed by atoms with Crippen molar-refractivity contribution in [2.24, 2.45) is 0 Å². The minimum Gasteiger partial charge on any atom is -0.479 e. The normalized spacial score (nSPS) is 14.6. The molecular weight excluding hydrogens is 102 g/mol. The molecule has 0 fully saturated rings. The zero-order chi connectivity index (χ0) is 6.41. The summed E-state index contributed by atoms with van der Waals surface area (Å²) in [4.78, 5) is 1.96. The molecule has 0 aromatic carbocycles. The molecule has 0 saturated heterocycles. The van der Waals surface area contributed by atoms with Gasteiger partial charge in [-0.3, -0.25) is 0 Å². The van der Waals surface area contributed by atoms with E-state index in [4.69, 9.17) is 4.74 Å². The Hall–Kier alpha value is -0.660. The summed E-state index contributed by atoms with van der Waals surface area (Å²) in [6, 6.07) is 0. The molecule has 1 aliphatic heterocycles. The van der Waals surface area contributed by atoms with E-state index in [2.05, 4.69) is 0 Å². The minimum absolute atomic E-state index is 0.708. The highest BCUT2D eigenvalue weighted by Gasteiger charge is 1.92. The maximum absolute atomic E-state index is 4.80. The predicted molar refractivity (Wildman–Crippen MR) is 34.2 cm³/mol. The van der Waals surface area contributed by atoms with E-state index in [1.165, 1.54) is 0 Å². The van der Waals surface area contributed by atoms with Crippen LogP contribution in [0.3, 0.4) is 0 Å². The van der Waals surface area contributed by atoms with Crippen molar-refractivity contribution in [3.63, 3.8) is 0 Å². The third-order valence-corrected chi connectivity index (χ3v) is 0.690. The van der Waals surface area contributed by atoms with Crippen LogP contribution in [0.4, 0.5) is 0 Å². The molecule has 0 aromatic heterocycles. The van der Waals surface area contributed by atoms with E-state index in [1.807, 2.05) is 32.0 Å². The lowest BCUT2D eigenvalue weighted by Crippen LogP contribution is -2.05. The molecule has 1 rings (SSSR count). The summed E-state index contributed by atoms with van der Waals surface area (Å²) in [5.74, 6) is 0. The second-order valence-electron chi connectivity index (χ2n) is 1.34. The quantitative estimate of drug-likeness (QED) is 0.473. The van der Waals surface area contributed by atoms with E-state index in [0.717, 1.165) is 0 Å². The van der Waals surface area contributed by atoms with Gasteiger partial charge in [-0.05, 0) is 0 Å². The second-order valence-corrected chi connectivity index (χ2v) is 1.34. The number of hydrogen-bond acceptors (Lipinski definition) is 2. The fourth-order valence-electron chi connectivity index (χ4n) is 0.351. The van der Waals surface area contributed by atoms with E-state index < -0.39 is 0 Å². The Kier molecular flexibility index (Phi) is 4.13. The van der Waals surface area contributed by atoms with Gasteiger partial charge in [-0.2, -0.15) is 0 Å². The van der Waals surface area contributed by atoms with Crippen LogP contribution in [0.1, 0.15) is 13.8 Å². The van der Waals surface area contributed by atoms with Gasteiger partial charge in [0.2, 0.25) is 0 Å². The van der Waals surface area contributed by atoms with Crippen LogP contribution in [-0.4, -0.2) is 18.7 Å². The van der Waals surface area contributed by atoms with Gasteiger partial charge in [-0.25, -0.2) is 0 Å². The topological polar surface area (TPSA) is 12.5 Å². The second kappa shape index (κ2) is 4.50. The fourth-order valence-corrected chi connectivity index (χ4v) is 0.351. The van der Waals surface area contributed by atoms with Crippen LogP contribution < -0.4 is 0 Å². The van der Waals surface area contributed by atoms with Gasteiger partial charge < -0.3 is 9.64 Å². The van der Waals surface area contributed by atoms with E-state index in [-0.39, 0.29) is 0 Å². The van der Waals surface area contributed by atoms with Gasteiger partial charge in [0, 0.05) is 13.2 Å². The molecule has 0 amide bonds. The summed E-state index contributed by atoms with van der Waals surface area (Å²) < 4.78 is 4.80. The summed E-state index contributed by atoms with van der Waals surface area (Å²) in [5.41, 5.74) is 0. The minimum atomic E-state index is 0.708. The highest BCUT2D eigenvalue weighted by atomic mass is 16.5. The van der Waals surface area contributed by atoms with E-state index in [1.54, 1.807) is 6.26 Å². The van der Waals surface area contributed by atoms with Crippen LogP contribution in [-0.2, 0) is 4.74 Å². The maximum Gasteiger partial charge on any atom is 0.160 e. The monoisotopic (exact) mass is 115 g/mol. The molecule has 0 unspecified atom stereocenters. The third-order valence-electron chi connectivity index (χ3n) is 0.690. The summed E-state index contributed by atoms with van der Waals surface area (Å²) in [6.07, 6.45) is 3.57. The molecule has 0 aromatic rings. The average molecular weight is 115 g/mol. The molecule has 1 aliphatic rings. The van der Waals surface area contributed by atoms with Crippen molar-refractivity contribution in [1.82, 2.24) is 4.90 Å². The van der Waals surface area contributed by atoms with Gasteiger partial charge in [-0.1, -0.05) is 13.8 Å². The third kappa shape index (κ3) is 2.50. The first-order valence-corrected chi connectivity index (χ1v) is 2.88. The largest absolute Gasteiger partial charge is 0.479 e. The molecule has 0 spiro atoms. The highest BCUT2D eigenvalue weighted by molar-refractivity contribution is 4.75. The van der Waals surface area contributed by atoms with E-state index >= 15 is 0 Å². The molecule has 0 saturated carbocycles. The molecule has 1 heterocycles. The Morgan fingerprint density at radius 1 is 1.50 bits per heavy atom. The molecule has 8 heavy (non-hydrogen) atoms. The smallest absolute Gasteiger partial charge is 0.160 e. The van der Waals surface area contributed by atoms with Crippen LogP contribution in [0.25, 0.3) is 0 Å². The average Bonchev–Trinajstić information content (AvgIpc) is 2.24. The Bertz CT molecular complexity index is 70.9. The van der Waals surface area contributed by atoms with E-state index in [0.29, 0.717) is 6.73 Å². The number of nitrogens with zero attached hydrogens (tertiary/aromatic N) is 1. The van der Waals surface area contributed by atoms with Crippen molar-refractivity contribution in [2.45, 2.75) is 13.8 Å². The number of hydrogen-bond donors (Lipinski definition) is 0. The SMILES string of the molecule is CC.CN1C=COC1.